The van der Waals surface area contributed by atoms with Crippen molar-refractivity contribution in [3.63, 3.8) is 0 Å². The van der Waals surface area contributed by atoms with Crippen molar-refractivity contribution in [1.29, 1.82) is 0 Å². The molecule has 0 saturated heterocycles. The molecule has 0 aliphatic rings. The highest BCUT2D eigenvalue weighted by Gasteiger charge is 1.99. The smallest absolute Gasteiger partial charge is 0.294 e. The third-order valence-corrected chi connectivity index (χ3v) is 1.73. The molecule has 0 amide bonds. The number of nitrogens with one attached hydrogen (secondary N) is 1. The standard InChI is InChI=1S/C6H9N3O2S/c1-11-4-2-9(3-7)6(12)8-5(4)10/h2H,3,7H2,1H3,(H,8,10,12). The number of nitrogens with zero attached hydrogens (tertiary/aromatic N) is 1. The van der Waals surface area contributed by atoms with Gasteiger partial charge in [0.25, 0.3) is 5.56 Å². The fourth-order valence-electron chi connectivity index (χ4n) is 0.770. The summed E-state index contributed by atoms with van der Waals surface area (Å²) in [6.45, 7) is 0.214. The Bertz CT molecular complexity index is 348. The van der Waals surface area contributed by atoms with Crippen LogP contribution in [0.25, 0.3) is 0 Å². The van der Waals surface area contributed by atoms with Crippen molar-refractivity contribution in [2.45, 2.75) is 6.67 Å². The Balaban J connectivity index is 3.38. The van der Waals surface area contributed by atoms with Crippen LogP contribution in [0.2, 0.25) is 0 Å². The minimum atomic E-state index is -0.341. The van der Waals surface area contributed by atoms with Crippen molar-refractivity contribution >= 4 is 12.2 Å². The van der Waals surface area contributed by atoms with Crippen LogP contribution in [0.3, 0.4) is 0 Å². The van der Waals surface area contributed by atoms with Gasteiger partial charge in [-0.1, -0.05) is 0 Å². The summed E-state index contributed by atoms with van der Waals surface area (Å²) in [5.74, 6) is 0.203. The van der Waals surface area contributed by atoms with Gasteiger partial charge in [0.1, 0.15) is 0 Å². The molecule has 0 aromatic carbocycles. The van der Waals surface area contributed by atoms with E-state index < -0.39 is 0 Å². The maximum Gasteiger partial charge on any atom is 0.294 e. The molecular weight excluding hydrogens is 178 g/mol. The van der Waals surface area contributed by atoms with Crippen LogP contribution in [-0.2, 0) is 6.67 Å². The van der Waals surface area contributed by atoms with Gasteiger partial charge in [-0.05, 0) is 12.2 Å². The predicted molar refractivity (Wildman–Crippen MR) is 46.6 cm³/mol. The van der Waals surface area contributed by atoms with Crippen molar-refractivity contribution in [3.05, 3.63) is 21.3 Å². The van der Waals surface area contributed by atoms with Gasteiger partial charge in [0, 0.05) is 0 Å². The van der Waals surface area contributed by atoms with Gasteiger partial charge in [-0.3, -0.25) is 9.78 Å². The fraction of sp³-hybridized carbons (Fsp3) is 0.333. The molecule has 0 aliphatic carbocycles. The van der Waals surface area contributed by atoms with Crippen LogP contribution in [-0.4, -0.2) is 16.7 Å². The highest BCUT2D eigenvalue weighted by molar-refractivity contribution is 7.71. The van der Waals surface area contributed by atoms with Crippen LogP contribution < -0.4 is 16.0 Å². The monoisotopic (exact) mass is 187 g/mol. The Hall–Kier alpha value is -1.14. The highest BCUT2D eigenvalue weighted by Crippen LogP contribution is 1.98. The summed E-state index contributed by atoms with van der Waals surface area (Å²) in [7, 11) is 1.41. The SMILES string of the molecule is COc1cn(CN)c(=S)[nH]c1=O. The lowest BCUT2D eigenvalue weighted by atomic mass is 10.6. The van der Waals surface area contributed by atoms with Crippen molar-refractivity contribution in [2.75, 3.05) is 7.11 Å². The summed E-state index contributed by atoms with van der Waals surface area (Å²) in [5.41, 5.74) is 5.00. The number of rotatable bonds is 2. The van der Waals surface area contributed by atoms with Gasteiger partial charge in [0.15, 0.2) is 4.77 Å². The summed E-state index contributed by atoms with van der Waals surface area (Å²) in [6.07, 6.45) is 1.47. The van der Waals surface area contributed by atoms with Gasteiger partial charge in [-0.15, -0.1) is 0 Å². The molecule has 66 valence electrons. The fourth-order valence-corrected chi connectivity index (χ4v) is 0.990. The number of ether oxygens (including phenoxy) is 1. The van der Waals surface area contributed by atoms with Crippen LogP contribution in [0.5, 0.6) is 5.75 Å². The van der Waals surface area contributed by atoms with Gasteiger partial charge in [0.2, 0.25) is 5.75 Å². The zero-order chi connectivity index (χ0) is 9.14. The van der Waals surface area contributed by atoms with Crippen molar-refractivity contribution in [1.82, 2.24) is 9.55 Å². The van der Waals surface area contributed by atoms with Gasteiger partial charge in [-0.2, -0.15) is 0 Å². The number of aromatic amines is 1. The molecule has 3 N–H and O–H groups in total. The minimum Gasteiger partial charge on any atom is -0.490 e. The molecule has 0 fully saturated rings. The molecule has 5 nitrogen and oxygen atoms in total. The average molecular weight is 187 g/mol. The Morgan fingerprint density at radius 2 is 2.50 bits per heavy atom. The average Bonchev–Trinajstić information content (AvgIpc) is 2.05. The van der Waals surface area contributed by atoms with E-state index in [2.05, 4.69) is 4.98 Å². The quantitative estimate of drug-likeness (QED) is 0.630. The van der Waals surface area contributed by atoms with E-state index in [1.807, 2.05) is 0 Å². The topological polar surface area (TPSA) is 73.0 Å². The molecule has 12 heavy (non-hydrogen) atoms. The predicted octanol–water partition coefficient (Wildman–Crippen LogP) is -0.169. The molecule has 0 aliphatic heterocycles. The zero-order valence-corrected chi connectivity index (χ0v) is 7.35. The first kappa shape index (κ1) is 8.95. The number of aromatic nitrogens is 2. The normalized spacial score (nSPS) is 9.83. The van der Waals surface area contributed by atoms with Gasteiger partial charge < -0.3 is 15.0 Å². The van der Waals surface area contributed by atoms with Gasteiger partial charge >= 0.3 is 0 Å². The van der Waals surface area contributed by atoms with Crippen LogP contribution in [0.1, 0.15) is 0 Å². The third-order valence-electron chi connectivity index (χ3n) is 1.39. The molecule has 0 radical (unpaired) electrons. The molecular formula is C6H9N3O2S. The van der Waals surface area contributed by atoms with E-state index in [9.17, 15) is 4.79 Å². The van der Waals surface area contributed by atoms with E-state index in [0.29, 0.717) is 4.77 Å². The molecule has 1 rings (SSSR count). The maximum absolute atomic E-state index is 11.0. The number of H-pyrrole nitrogens is 1. The maximum atomic E-state index is 11.0. The van der Waals surface area contributed by atoms with Crippen LogP contribution >= 0.6 is 12.2 Å². The summed E-state index contributed by atoms with van der Waals surface area (Å²) < 4.78 is 6.58. The molecule has 0 unspecified atom stereocenters. The molecule has 1 aromatic rings. The number of hydrogen-bond donors (Lipinski definition) is 2. The second kappa shape index (κ2) is 3.51. The lowest BCUT2D eigenvalue weighted by Crippen LogP contribution is -2.17. The minimum absolute atomic E-state index is 0.203. The summed E-state index contributed by atoms with van der Waals surface area (Å²) >= 11 is 4.82. The van der Waals surface area contributed by atoms with Crippen LogP contribution in [0.15, 0.2) is 11.0 Å². The Morgan fingerprint density at radius 3 is 3.00 bits per heavy atom. The van der Waals surface area contributed by atoms with E-state index in [4.69, 9.17) is 22.7 Å². The molecule has 0 atom stereocenters. The Labute approximate surface area is 73.8 Å². The first-order valence-electron chi connectivity index (χ1n) is 3.27. The molecule has 1 heterocycles. The van der Waals surface area contributed by atoms with E-state index in [1.54, 1.807) is 0 Å². The first-order chi connectivity index (χ1) is 5.69. The highest BCUT2D eigenvalue weighted by atomic mass is 32.1. The second-order valence-corrected chi connectivity index (χ2v) is 2.50. The van der Waals surface area contributed by atoms with Gasteiger partial charge in [0.05, 0.1) is 20.0 Å². The lowest BCUT2D eigenvalue weighted by molar-refractivity contribution is 0.400. The van der Waals surface area contributed by atoms with E-state index in [-0.39, 0.29) is 18.0 Å². The van der Waals surface area contributed by atoms with Crippen molar-refractivity contribution in [3.8, 4) is 5.75 Å². The van der Waals surface area contributed by atoms with E-state index in [1.165, 1.54) is 17.9 Å². The van der Waals surface area contributed by atoms with E-state index in [0.717, 1.165) is 0 Å². The number of nitrogens with two attached hydrogens (primary N) is 1. The molecule has 6 heteroatoms. The second-order valence-electron chi connectivity index (χ2n) is 2.11. The Kier molecular flexibility index (Phi) is 2.61. The summed E-state index contributed by atoms with van der Waals surface area (Å²) in [6, 6.07) is 0. The van der Waals surface area contributed by atoms with Gasteiger partial charge in [-0.25, -0.2) is 0 Å². The Morgan fingerprint density at radius 1 is 1.83 bits per heavy atom. The lowest BCUT2D eigenvalue weighted by Gasteiger charge is -2.04. The molecule has 0 saturated carbocycles. The first-order valence-corrected chi connectivity index (χ1v) is 3.67. The number of hydrogen-bond acceptors (Lipinski definition) is 4. The number of methoxy groups -OCH3 is 1. The van der Waals surface area contributed by atoms with Crippen LogP contribution in [0, 0.1) is 4.77 Å². The molecule has 0 bridgehead atoms. The summed E-state index contributed by atoms with van der Waals surface area (Å²) in [4.78, 5) is 13.5. The molecule has 1 aromatic heterocycles. The molecule has 0 spiro atoms. The summed E-state index contributed by atoms with van der Waals surface area (Å²) in [5, 5.41) is 0. The van der Waals surface area contributed by atoms with Crippen molar-refractivity contribution < 1.29 is 4.74 Å². The van der Waals surface area contributed by atoms with E-state index >= 15 is 0 Å². The van der Waals surface area contributed by atoms with Crippen LogP contribution in [0.4, 0.5) is 0 Å². The van der Waals surface area contributed by atoms with Crippen molar-refractivity contribution in [2.24, 2.45) is 5.73 Å². The zero-order valence-electron chi connectivity index (χ0n) is 6.53. The third kappa shape index (κ3) is 1.54. The largest absolute Gasteiger partial charge is 0.490 e.